The quantitative estimate of drug-likeness (QED) is 0.805. The fourth-order valence-electron chi connectivity index (χ4n) is 1.45. The van der Waals surface area contributed by atoms with Crippen LogP contribution < -0.4 is 5.32 Å². The third-order valence-electron chi connectivity index (χ3n) is 2.63. The van der Waals surface area contributed by atoms with Gasteiger partial charge in [0.1, 0.15) is 0 Å². The van der Waals surface area contributed by atoms with Crippen molar-refractivity contribution < 1.29 is 9.90 Å². The number of carboxylic acid groups (broad SMARTS) is 1. The summed E-state index contributed by atoms with van der Waals surface area (Å²) < 4.78 is 0. The summed E-state index contributed by atoms with van der Waals surface area (Å²) in [7, 11) is 0. The summed E-state index contributed by atoms with van der Waals surface area (Å²) in [5, 5.41) is 11.9. The van der Waals surface area contributed by atoms with Gasteiger partial charge in [0.25, 0.3) is 0 Å². The molecular weight excluding hydrogens is 222 g/mol. The van der Waals surface area contributed by atoms with E-state index in [2.05, 4.69) is 25.2 Å². The van der Waals surface area contributed by atoms with Crippen molar-refractivity contribution in [2.45, 2.75) is 46.2 Å². The van der Waals surface area contributed by atoms with E-state index in [-0.39, 0.29) is 12.5 Å². The summed E-state index contributed by atoms with van der Waals surface area (Å²) in [5.74, 6) is -0.725. The van der Waals surface area contributed by atoms with Crippen LogP contribution in [0, 0.1) is 13.8 Å². The fraction of sp³-hybridized carbons (Fsp3) is 0.583. The molecule has 0 bridgehead atoms. The van der Waals surface area contributed by atoms with Crippen molar-refractivity contribution >= 4 is 17.3 Å². The lowest BCUT2D eigenvalue weighted by atomic mass is 10.2. The first-order valence-corrected chi connectivity index (χ1v) is 6.31. The van der Waals surface area contributed by atoms with Crippen molar-refractivity contribution in [3.63, 3.8) is 0 Å². The molecule has 90 valence electrons. The normalized spacial score (nSPS) is 12.7. The van der Waals surface area contributed by atoms with Crippen molar-refractivity contribution in [1.29, 1.82) is 0 Å². The van der Waals surface area contributed by atoms with Gasteiger partial charge in [-0.15, -0.1) is 11.3 Å². The topological polar surface area (TPSA) is 49.3 Å². The van der Waals surface area contributed by atoms with Gasteiger partial charge in [0.2, 0.25) is 0 Å². The summed E-state index contributed by atoms with van der Waals surface area (Å²) >= 11 is 1.80. The number of nitrogens with one attached hydrogen (secondary N) is 1. The van der Waals surface area contributed by atoms with Crippen LogP contribution in [0.5, 0.6) is 0 Å². The predicted molar refractivity (Wildman–Crippen MR) is 67.0 cm³/mol. The number of aliphatic carboxylic acids is 1. The third-order valence-corrected chi connectivity index (χ3v) is 3.79. The Morgan fingerprint density at radius 3 is 2.75 bits per heavy atom. The molecule has 1 rings (SSSR count). The van der Waals surface area contributed by atoms with E-state index in [1.54, 1.807) is 11.3 Å². The first kappa shape index (κ1) is 13.2. The molecule has 16 heavy (non-hydrogen) atoms. The van der Waals surface area contributed by atoms with E-state index in [1.807, 2.05) is 6.92 Å². The van der Waals surface area contributed by atoms with Crippen molar-refractivity contribution in [3.8, 4) is 0 Å². The highest BCUT2D eigenvalue weighted by molar-refractivity contribution is 7.12. The molecule has 0 aliphatic carbocycles. The summed E-state index contributed by atoms with van der Waals surface area (Å²) in [6.45, 7) is 7.09. The Bertz CT molecular complexity index is 340. The largest absolute Gasteiger partial charge is 0.481 e. The van der Waals surface area contributed by atoms with Crippen molar-refractivity contribution in [3.05, 3.63) is 21.4 Å². The zero-order valence-corrected chi connectivity index (χ0v) is 10.9. The van der Waals surface area contributed by atoms with E-state index in [1.165, 1.54) is 15.3 Å². The molecule has 0 saturated carbocycles. The fourth-order valence-corrected chi connectivity index (χ4v) is 2.46. The number of rotatable bonds is 6. The second-order valence-corrected chi connectivity index (χ2v) is 5.51. The van der Waals surface area contributed by atoms with E-state index in [9.17, 15) is 4.79 Å². The van der Waals surface area contributed by atoms with Crippen LogP contribution in [0.25, 0.3) is 0 Å². The summed E-state index contributed by atoms with van der Waals surface area (Å²) in [6, 6.07) is 2.44. The Hall–Kier alpha value is -0.870. The first-order valence-electron chi connectivity index (χ1n) is 5.50. The zero-order valence-electron chi connectivity index (χ0n) is 10.0. The SMILES string of the molecule is Cc1cc(CNC(C)CCC(=O)O)sc1C. The Morgan fingerprint density at radius 1 is 1.56 bits per heavy atom. The predicted octanol–water partition coefficient (Wildman–Crippen LogP) is 2.71. The molecule has 1 heterocycles. The monoisotopic (exact) mass is 241 g/mol. The summed E-state index contributed by atoms with van der Waals surface area (Å²) in [6.07, 6.45) is 0.912. The van der Waals surface area contributed by atoms with Crippen molar-refractivity contribution in [2.24, 2.45) is 0 Å². The first-order chi connectivity index (χ1) is 7.49. The highest BCUT2D eigenvalue weighted by Gasteiger charge is 2.06. The number of thiophene rings is 1. The highest BCUT2D eigenvalue weighted by Crippen LogP contribution is 2.20. The Labute approximate surface area is 100 Å². The molecule has 0 amide bonds. The van der Waals surface area contributed by atoms with Gasteiger partial charge >= 0.3 is 5.97 Å². The molecule has 0 aliphatic heterocycles. The second-order valence-electron chi connectivity index (χ2n) is 4.17. The molecular formula is C12H19NO2S. The zero-order chi connectivity index (χ0) is 12.1. The van der Waals surface area contributed by atoms with E-state index in [0.717, 1.165) is 6.54 Å². The van der Waals surface area contributed by atoms with Crippen LogP contribution in [-0.2, 0) is 11.3 Å². The molecule has 1 aromatic rings. The van der Waals surface area contributed by atoms with Crippen LogP contribution in [0.1, 0.15) is 35.1 Å². The second kappa shape index (κ2) is 6.01. The highest BCUT2D eigenvalue weighted by atomic mass is 32.1. The number of hydrogen-bond donors (Lipinski definition) is 2. The molecule has 3 nitrogen and oxygen atoms in total. The molecule has 1 unspecified atom stereocenters. The molecule has 1 atom stereocenters. The lowest BCUT2D eigenvalue weighted by Crippen LogP contribution is -2.25. The van der Waals surface area contributed by atoms with Crippen LogP contribution in [0.15, 0.2) is 6.07 Å². The maximum Gasteiger partial charge on any atom is 0.303 e. The Balaban J connectivity index is 2.31. The van der Waals surface area contributed by atoms with E-state index < -0.39 is 5.97 Å². The number of carboxylic acids is 1. The van der Waals surface area contributed by atoms with Gasteiger partial charge in [0.15, 0.2) is 0 Å². The average molecular weight is 241 g/mol. The van der Waals surface area contributed by atoms with Gasteiger partial charge in [-0.3, -0.25) is 4.79 Å². The maximum atomic E-state index is 10.4. The van der Waals surface area contributed by atoms with Crippen LogP contribution in [-0.4, -0.2) is 17.1 Å². The number of hydrogen-bond acceptors (Lipinski definition) is 3. The lowest BCUT2D eigenvalue weighted by Gasteiger charge is -2.11. The van der Waals surface area contributed by atoms with Crippen LogP contribution in [0.4, 0.5) is 0 Å². The standard InChI is InChI=1S/C12H19NO2S/c1-8-6-11(16-10(8)3)7-13-9(2)4-5-12(14)15/h6,9,13H,4-5,7H2,1-3H3,(H,14,15). The molecule has 0 spiro atoms. The lowest BCUT2D eigenvalue weighted by molar-refractivity contribution is -0.137. The van der Waals surface area contributed by atoms with Gasteiger partial charge in [-0.25, -0.2) is 0 Å². The number of carbonyl (C=O) groups is 1. The molecule has 4 heteroatoms. The van der Waals surface area contributed by atoms with Gasteiger partial charge < -0.3 is 10.4 Å². The van der Waals surface area contributed by atoms with Gasteiger partial charge in [0, 0.05) is 28.8 Å². The van der Waals surface area contributed by atoms with Crippen LogP contribution in [0.3, 0.4) is 0 Å². The van der Waals surface area contributed by atoms with Crippen LogP contribution in [0.2, 0.25) is 0 Å². The average Bonchev–Trinajstić information content (AvgIpc) is 2.52. The minimum absolute atomic E-state index is 0.233. The van der Waals surface area contributed by atoms with Gasteiger partial charge in [0.05, 0.1) is 0 Å². The minimum Gasteiger partial charge on any atom is -0.481 e. The third kappa shape index (κ3) is 4.33. The van der Waals surface area contributed by atoms with Gasteiger partial charge in [-0.05, 0) is 38.8 Å². The summed E-state index contributed by atoms with van der Waals surface area (Å²) in [5.41, 5.74) is 1.33. The van der Waals surface area contributed by atoms with E-state index in [0.29, 0.717) is 6.42 Å². The smallest absolute Gasteiger partial charge is 0.303 e. The molecule has 0 radical (unpaired) electrons. The van der Waals surface area contributed by atoms with Gasteiger partial charge in [-0.2, -0.15) is 0 Å². The summed E-state index contributed by atoms with van der Waals surface area (Å²) in [4.78, 5) is 13.1. The molecule has 0 saturated heterocycles. The molecule has 0 fully saturated rings. The van der Waals surface area contributed by atoms with Crippen molar-refractivity contribution in [2.75, 3.05) is 0 Å². The van der Waals surface area contributed by atoms with Crippen molar-refractivity contribution in [1.82, 2.24) is 5.32 Å². The molecule has 1 aromatic heterocycles. The minimum atomic E-state index is -0.725. The number of aryl methyl sites for hydroxylation is 2. The van der Waals surface area contributed by atoms with E-state index >= 15 is 0 Å². The Kier molecular flexibility index (Phi) is 4.96. The Morgan fingerprint density at radius 2 is 2.25 bits per heavy atom. The van der Waals surface area contributed by atoms with Gasteiger partial charge in [-0.1, -0.05) is 0 Å². The molecule has 2 N–H and O–H groups in total. The maximum absolute atomic E-state index is 10.4. The van der Waals surface area contributed by atoms with E-state index in [4.69, 9.17) is 5.11 Å². The van der Waals surface area contributed by atoms with Crippen LogP contribution >= 0.6 is 11.3 Å². The molecule has 0 aliphatic rings. The molecule has 0 aromatic carbocycles.